The highest BCUT2D eigenvalue weighted by molar-refractivity contribution is 5.30. The van der Waals surface area contributed by atoms with Gasteiger partial charge in [-0.25, -0.2) is 8.78 Å². The topological polar surface area (TPSA) is 12.0 Å². The molecule has 0 saturated heterocycles. The molecule has 0 aromatic heterocycles. The summed E-state index contributed by atoms with van der Waals surface area (Å²) >= 11 is 0. The SMILES string of the molecule is CNCc1cccc(Cc2ccc(F)c(F)c2)c1. The zero-order valence-corrected chi connectivity index (χ0v) is 10.2. The fourth-order valence-corrected chi connectivity index (χ4v) is 1.94. The zero-order valence-electron chi connectivity index (χ0n) is 10.2. The molecule has 0 atom stereocenters. The molecule has 94 valence electrons. The lowest BCUT2D eigenvalue weighted by Gasteiger charge is -2.06. The first kappa shape index (κ1) is 12.7. The van der Waals surface area contributed by atoms with Gasteiger partial charge >= 0.3 is 0 Å². The van der Waals surface area contributed by atoms with E-state index in [2.05, 4.69) is 11.4 Å². The van der Waals surface area contributed by atoms with Crippen LogP contribution in [0.4, 0.5) is 8.78 Å². The summed E-state index contributed by atoms with van der Waals surface area (Å²) in [6.07, 6.45) is 0.606. The van der Waals surface area contributed by atoms with Crippen LogP contribution < -0.4 is 5.32 Å². The molecule has 3 heteroatoms. The second-order valence-corrected chi connectivity index (χ2v) is 4.28. The van der Waals surface area contributed by atoms with E-state index in [1.807, 2.05) is 25.2 Å². The van der Waals surface area contributed by atoms with Gasteiger partial charge < -0.3 is 5.32 Å². The summed E-state index contributed by atoms with van der Waals surface area (Å²) in [5.41, 5.74) is 3.04. The van der Waals surface area contributed by atoms with Crippen LogP contribution in [0, 0.1) is 11.6 Å². The van der Waals surface area contributed by atoms with Gasteiger partial charge in [-0.2, -0.15) is 0 Å². The third kappa shape index (κ3) is 3.14. The summed E-state index contributed by atoms with van der Waals surface area (Å²) < 4.78 is 25.9. The van der Waals surface area contributed by atoms with Crippen LogP contribution >= 0.6 is 0 Å². The van der Waals surface area contributed by atoms with E-state index < -0.39 is 11.6 Å². The third-order valence-electron chi connectivity index (χ3n) is 2.76. The van der Waals surface area contributed by atoms with Crippen LogP contribution in [0.1, 0.15) is 16.7 Å². The molecule has 0 aliphatic carbocycles. The van der Waals surface area contributed by atoms with E-state index in [9.17, 15) is 8.78 Å². The minimum absolute atomic E-state index is 0.606. The van der Waals surface area contributed by atoms with E-state index in [1.165, 1.54) is 17.7 Å². The predicted molar refractivity (Wildman–Crippen MR) is 68.4 cm³/mol. The maximum Gasteiger partial charge on any atom is 0.159 e. The Bertz CT molecular complexity index is 538. The zero-order chi connectivity index (χ0) is 13.0. The second-order valence-electron chi connectivity index (χ2n) is 4.28. The Hall–Kier alpha value is -1.74. The van der Waals surface area contributed by atoms with Crippen molar-refractivity contribution in [2.45, 2.75) is 13.0 Å². The van der Waals surface area contributed by atoms with Gasteiger partial charge in [0.2, 0.25) is 0 Å². The van der Waals surface area contributed by atoms with Crippen LogP contribution in [0.5, 0.6) is 0 Å². The van der Waals surface area contributed by atoms with E-state index in [0.717, 1.165) is 17.7 Å². The number of benzene rings is 2. The molecule has 0 heterocycles. The summed E-state index contributed by atoms with van der Waals surface area (Å²) in [7, 11) is 1.89. The monoisotopic (exact) mass is 247 g/mol. The lowest BCUT2D eigenvalue weighted by Crippen LogP contribution is -2.05. The fraction of sp³-hybridized carbons (Fsp3) is 0.200. The van der Waals surface area contributed by atoms with Gasteiger partial charge in [0.1, 0.15) is 0 Å². The maximum absolute atomic E-state index is 13.1. The van der Waals surface area contributed by atoms with Crippen molar-refractivity contribution in [3.05, 3.63) is 70.8 Å². The minimum atomic E-state index is -0.803. The molecular formula is C15H15F2N. The van der Waals surface area contributed by atoms with Crippen LogP contribution in [0.2, 0.25) is 0 Å². The molecule has 2 aromatic carbocycles. The number of hydrogen-bond acceptors (Lipinski definition) is 1. The van der Waals surface area contributed by atoms with E-state index in [1.54, 1.807) is 6.07 Å². The lowest BCUT2D eigenvalue weighted by molar-refractivity contribution is 0.507. The molecule has 0 bridgehead atoms. The molecule has 0 fully saturated rings. The average Bonchev–Trinajstić information content (AvgIpc) is 2.35. The quantitative estimate of drug-likeness (QED) is 0.874. The largest absolute Gasteiger partial charge is 0.316 e. The predicted octanol–water partition coefficient (Wildman–Crippen LogP) is 3.28. The Morgan fingerprint density at radius 1 is 0.889 bits per heavy atom. The first-order chi connectivity index (χ1) is 8.69. The molecule has 2 aromatic rings. The van der Waals surface area contributed by atoms with Gasteiger partial charge in [0, 0.05) is 6.54 Å². The molecule has 0 amide bonds. The molecule has 0 aliphatic rings. The molecule has 1 nitrogen and oxygen atoms in total. The molecule has 0 radical (unpaired) electrons. The highest BCUT2D eigenvalue weighted by atomic mass is 19.2. The molecule has 0 unspecified atom stereocenters. The second kappa shape index (κ2) is 5.74. The highest BCUT2D eigenvalue weighted by Gasteiger charge is 2.03. The van der Waals surface area contributed by atoms with Gasteiger partial charge in [0.15, 0.2) is 11.6 Å². The Labute approximate surface area is 105 Å². The van der Waals surface area contributed by atoms with Crippen LogP contribution in [0.25, 0.3) is 0 Å². The van der Waals surface area contributed by atoms with Crippen molar-refractivity contribution >= 4 is 0 Å². The number of halogens is 2. The Balaban J connectivity index is 2.17. The van der Waals surface area contributed by atoms with Crippen LogP contribution in [-0.2, 0) is 13.0 Å². The van der Waals surface area contributed by atoms with Crippen molar-refractivity contribution < 1.29 is 8.78 Å². The van der Waals surface area contributed by atoms with Gasteiger partial charge in [-0.05, 0) is 42.3 Å². The van der Waals surface area contributed by atoms with E-state index in [0.29, 0.717) is 6.42 Å². The Morgan fingerprint density at radius 2 is 1.61 bits per heavy atom. The van der Waals surface area contributed by atoms with Gasteiger partial charge in [-0.15, -0.1) is 0 Å². The van der Waals surface area contributed by atoms with Crippen molar-refractivity contribution in [3.8, 4) is 0 Å². The molecule has 0 spiro atoms. The summed E-state index contributed by atoms with van der Waals surface area (Å²) in [6.45, 7) is 0.797. The number of rotatable bonds is 4. The Kier molecular flexibility index (Phi) is 4.05. The van der Waals surface area contributed by atoms with Crippen molar-refractivity contribution in [3.63, 3.8) is 0 Å². The van der Waals surface area contributed by atoms with E-state index in [4.69, 9.17) is 0 Å². The maximum atomic E-state index is 13.1. The summed E-state index contributed by atoms with van der Waals surface area (Å²) in [6, 6.07) is 12.1. The number of hydrogen-bond donors (Lipinski definition) is 1. The van der Waals surface area contributed by atoms with Gasteiger partial charge in [-0.1, -0.05) is 30.3 Å². The van der Waals surface area contributed by atoms with Crippen molar-refractivity contribution in [2.24, 2.45) is 0 Å². The normalized spacial score (nSPS) is 10.6. The summed E-state index contributed by atoms with van der Waals surface area (Å²) in [4.78, 5) is 0. The molecular weight excluding hydrogens is 232 g/mol. The molecule has 2 rings (SSSR count). The van der Waals surface area contributed by atoms with Crippen molar-refractivity contribution in [1.29, 1.82) is 0 Å². The summed E-state index contributed by atoms with van der Waals surface area (Å²) in [5.74, 6) is -1.60. The van der Waals surface area contributed by atoms with Crippen LogP contribution in [0.3, 0.4) is 0 Å². The van der Waals surface area contributed by atoms with Gasteiger partial charge in [-0.3, -0.25) is 0 Å². The van der Waals surface area contributed by atoms with Crippen molar-refractivity contribution in [1.82, 2.24) is 5.32 Å². The van der Waals surface area contributed by atoms with E-state index in [-0.39, 0.29) is 0 Å². The number of nitrogens with one attached hydrogen (secondary N) is 1. The Morgan fingerprint density at radius 3 is 2.33 bits per heavy atom. The fourth-order valence-electron chi connectivity index (χ4n) is 1.94. The van der Waals surface area contributed by atoms with E-state index >= 15 is 0 Å². The molecule has 1 N–H and O–H groups in total. The summed E-state index contributed by atoms with van der Waals surface area (Å²) in [5, 5.41) is 3.08. The molecule has 0 aliphatic heterocycles. The highest BCUT2D eigenvalue weighted by Crippen LogP contribution is 2.14. The van der Waals surface area contributed by atoms with Gasteiger partial charge in [0.25, 0.3) is 0 Å². The molecule has 0 saturated carbocycles. The first-order valence-electron chi connectivity index (χ1n) is 5.85. The minimum Gasteiger partial charge on any atom is -0.316 e. The first-order valence-corrected chi connectivity index (χ1v) is 5.85. The average molecular weight is 247 g/mol. The smallest absolute Gasteiger partial charge is 0.159 e. The molecule has 18 heavy (non-hydrogen) atoms. The van der Waals surface area contributed by atoms with Crippen LogP contribution in [-0.4, -0.2) is 7.05 Å². The standard InChI is InChI=1S/C15H15F2N/c1-18-10-13-4-2-3-11(8-13)7-12-5-6-14(16)15(17)9-12/h2-6,8-9,18H,7,10H2,1H3. The van der Waals surface area contributed by atoms with Gasteiger partial charge in [0.05, 0.1) is 0 Å². The lowest BCUT2D eigenvalue weighted by atomic mass is 10.0. The van der Waals surface area contributed by atoms with Crippen LogP contribution in [0.15, 0.2) is 42.5 Å². The third-order valence-corrected chi connectivity index (χ3v) is 2.76. The van der Waals surface area contributed by atoms with Crippen molar-refractivity contribution in [2.75, 3.05) is 7.05 Å².